The predicted molar refractivity (Wildman–Crippen MR) is 67.3 cm³/mol. The van der Waals surface area contributed by atoms with Crippen molar-refractivity contribution in [2.24, 2.45) is 0 Å². The topological polar surface area (TPSA) is 20.2 Å². The fraction of sp³-hybridized carbons (Fsp3) is 0.364. The van der Waals surface area contributed by atoms with Crippen LogP contribution in [0.15, 0.2) is 18.2 Å². The number of aliphatic hydroxyl groups is 1. The van der Waals surface area contributed by atoms with Gasteiger partial charge in [0, 0.05) is 12.2 Å². The Kier molecular flexibility index (Phi) is 4.58. The first-order valence-corrected chi connectivity index (χ1v) is 5.51. The third-order valence-corrected chi connectivity index (χ3v) is 2.70. The second-order valence-electron chi connectivity index (χ2n) is 3.08. The zero-order valence-corrected chi connectivity index (χ0v) is 9.87. The summed E-state index contributed by atoms with van der Waals surface area (Å²) >= 11 is 9.26. The van der Waals surface area contributed by atoms with E-state index < -0.39 is 0 Å². The van der Waals surface area contributed by atoms with Gasteiger partial charge in [-0.1, -0.05) is 37.3 Å². The monoisotopic (exact) mass is 226 g/mol. The molecule has 1 aromatic rings. The van der Waals surface area contributed by atoms with E-state index in [9.17, 15) is 0 Å². The van der Waals surface area contributed by atoms with Crippen molar-refractivity contribution in [1.29, 1.82) is 0 Å². The molecule has 76 valence electrons. The van der Waals surface area contributed by atoms with E-state index in [2.05, 4.69) is 19.6 Å². The lowest BCUT2D eigenvalue weighted by Crippen LogP contribution is -2.02. The Hall–Kier alpha value is -0.380. The van der Waals surface area contributed by atoms with Crippen LogP contribution in [-0.2, 0) is 12.8 Å². The van der Waals surface area contributed by atoms with Crippen LogP contribution in [0.25, 0.3) is 0 Å². The molecule has 0 amide bonds. The lowest BCUT2D eigenvalue weighted by molar-refractivity contribution is 0.299. The lowest BCUT2D eigenvalue weighted by Gasteiger charge is -2.11. The van der Waals surface area contributed by atoms with E-state index in [1.54, 1.807) is 0 Å². The summed E-state index contributed by atoms with van der Waals surface area (Å²) in [6, 6.07) is 5.97. The highest BCUT2D eigenvalue weighted by atomic mass is 32.1. The van der Waals surface area contributed by atoms with Crippen LogP contribution in [0, 0.1) is 0 Å². The van der Waals surface area contributed by atoms with Gasteiger partial charge in [-0.3, -0.25) is 0 Å². The van der Waals surface area contributed by atoms with Gasteiger partial charge in [0.1, 0.15) is 0 Å². The Morgan fingerprint density at radius 1 is 1.50 bits per heavy atom. The Morgan fingerprint density at radius 3 is 2.71 bits per heavy atom. The molecule has 0 bridgehead atoms. The maximum Gasteiger partial charge on any atom is 0.0750 e. The molecule has 3 heteroatoms. The third kappa shape index (κ3) is 2.56. The van der Waals surface area contributed by atoms with E-state index >= 15 is 0 Å². The van der Waals surface area contributed by atoms with Crippen LogP contribution >= 0.6 is 24.8 Å². The van der Waals surface area contributed by atoms with E-state index in [4.69, 9.17) is 17.3 Å². The van der Waals surface area contributed by atoms with Crippen LogP contribution in [-0.4, -0.2) is 15.9 Å². The van der Waals surface area contributed by atoms with Gasteiger partial charge in [-0.15, -0.1) is 12.6 Å². The molecule has 0 spiro atoms. The van der Waals surface area contributed by atoms with Crippen molar-refractivity contribution in [2.45, 2.75) is 19.8 Å². The average molecular weight is 226 g/mol. The van der Waals surface area contributed by atoms with E-state index in [0.29, 0.717) is 10.6 Å². The number of hydrogen-bond donors (Lipinski definition) is 2. The second kappa shape index (κ2) is 5.49. The quantitative estimate of drug-likeness (QED) is 0.607. The summed E-state index contributed by atoms with van der Waals surface area (Å²) in [4.78, 5) is 0. The molecule has 0 saturated heterocycles. The molecular weight excluding hydrogens is 212 g/mol. The fourth-order valence-corrected chi connectivity index (χ4v) is 2.01. The normalized spacial score (nSPS) is 10.2. The van der Waals surface area contributed by atoms with E-state index in [1.807, 2.05) is 18.2 Å². The van der Waals surface area contributed by atoms with E-state index in [1.165, 1.54) is 11.1 Å². The maximum absolute atomic E-state index is 8.92. The van der Waals surface area contributed by atoms with E-state index in [0.717, 1.165) is 12.0 Å². The first kappa shape index (κ1) is 11.7. The average Bonchev–Trinajstić information content (AvgIpc) is 2.18. The van der Waals surface area contributed by atoms with Crippen molar-refractivity contribution in [1.82, 2.24) is 0 Å². The summed E-state index contributed by atoms with van der Waals surface area (Å²) in [7, 11) is 0. The highest BCUT2D eigenvalue weighted by Crippen LogP contribution is 2.18. The molecule has 0 aliphatic carbocycles. The molecule has 0 fully saturated rings. The summed E-state index contributed by atoms with van der Waals surface area (Å²) in [5, 5.41) is 8.92. The van der Waals surface area contributed by atoms with Crippen molar-refractivity contribution in [3.05, 3.63) is 34.9 Å². The zero-order chi connectivity index (χ0) is 10.6. The van der Waals surface area contributed by atoms with Gasteiger partial charge < -0.3 is 5.11 Å². The molecule has 0 atom stereocenters. The lowest BCUT2D eigenvalue weighted by atomic mass is 9.98. The molecule has 1 nitrogen and oxygen atoms in total. The largest absolute Gasteiger partial charge is 0.396 e. The van der Waals surface area contributed by atoms with Crippen LogP contribution in [0.4, 0.5) is 0 Å². The zero-order valence-electron chi connectivity index (χ0n) is 8.16. The number of aliphatic hydroxyl groups excluding tert-OH is 1. The fourth-order valence-electron chi connectivity index (χ4n) is 1.61. The van der Waals surface area contributed by atoms with Crippen LogP contribution in [0.1, 0.15) is 23.6 Å². The van der Waals surface area contributed by atoms with Gasteiger partial charge in [-0.05, 0) is 24.0 Å². The molecule has 0 aromatic heterocycles. The minimum Gasteiger partial charge on any atom is -0.396 e. The molecule has 1 N–H and O–H groups in total. The summed E-state index contributed by atoms with van der Waals surface area (Å²) in [5.41, 5.74) is 3.40. The summed E-state index contributed by atoms with van der Waals surface area (Å²) < 4.78 is 0.627. The highest BCUT2D eigenvalue weighted by Gasteiger charge is 2.07. The minimum absolute atomic E-state index is 0.176. The number of benzene rings is 1. The number of rotatable bonds is 4. The number of hydrogen-bond acceptors (Lipinski definition) is 2. The van der Waals surface area contributed by atoms with Gasteiger partial charge in [0.05, 0.1) is 4.20 Å². The van der Waals surface area contributed by atoms with Gasteiger partial charge in [-0.2, -0.15) is 0 Å². The first-order valence-electron chi connectivity index (χ1n) is 4.65. The van der Waals surface area contributed by atoms with Crippen molar-refractivity contribution >= 4 is 29.0 Å². The first-order chi connectivity index (χ1) is 6.70. The van der Waals surface area contributed by atoms with Gasteiger partial charge in [0.25, 0.3) is 0 Å². The Bertz CT molecular complexity index is 334. The standard InChI is InChI=1S/C11H14OS2/c1-2-9-8(6-7-12)4-3-5-10(9)11(13)14/h3-5,12H,2,6-7H2,1H3,(H,13,14). The smallest absolute Gasteiger partial charge is 0.0750 e. The van der Waals surface area contributed by atoms with Gasteiger partial charge >= 0.3 is 0 Å². The van der Waals surface area contributed by atoms with Gasteiger partial charge in [0.2, 0.25) is 0 Å². The van der Waals surface area contributed by atoms with Crippen LogP contribution in [0.3, 0.4) is 0 Å². The van der Waals surface area contributed by atoms with Crippen molar-refractivity contribution < 1.29 is 5.11 Å². The van der Waals surface area contributed by atoms with E-state index in [-0.39, 0.29) is 6.61 Å². The molecule has 0 heterocycles. The maximum atomic E-state index is 8.92. The van der Waals surface area contributed by atoms with Gasteiger partial charge in [-0.25, -0.2) is 0 Å². The Balaban J connectivity index is 3.17. The molecule has 1 rings (SSSR count). The Morgan fingerprint density at radius 2 is 2.21 bits per heavy atom. The van der Waals surface area contributed by atoms with Crippen molar-refractivity contribution in [3.8, 4) is 0 Å². The molecular formula is C11H14OS2. The molecule has 1 aromatic carbocycles. The minimum atomic E-state index is 0.176. The SMILES string of the molecule is CCc1c(CCO)cccc1C(=S)S. The second-order valence-corrected chi connectivity index (χ2v) is 4.23. The van der Waals surface area contributed by atoms with Gasteiger partial charge in [0.15, 0.2) is 0 Å². The summed E-state index contributed by atoms with van der Waals surface area (Å²) in [6.07, 6.45) is 1.61. The molecule has 14 heavy (non-hydrogen) atoms. The molecule has 0 aliphatic rings. The number of thiol groups is 1. The summed E-state index contributed by atoms with van der Waals surface area (Å²) in [5.74, 6) is 0. The predicted octanol–water partition coefficient (Wildman–Crippen LogP) is 2.39. The molecule has 0 saturated carbocycles. The summed E-state index contributed by atoms with van der Waals surface area (Å²) in [6.45, 7) is 2.27. The number of thiocarbonyl (C=S) groups is 1. The van der Waals surface area contributed by atoms with Crippen molar-refractivity contribution in [3.63, 3.8) is 0 Å². The molecule has 0 unspecified atom stereocenters. The van der Waals surface area contributed by atoms with Crippen molar-refractivity contribution in [2.75, 3.05) is 6.61 Å². The van der Waals surface area contributed by atoms with Crippen LogP contribution in [0.2, 0.25) is 0 Å². The Labute approximate surface area is 95.6 Å². The third-order valence-electron chi connectivity index (χ3n) is 2.24. The van der Waals surface area contributed by atoms with Crippen LogP contribution in [0.5, 0.6) is 0 Å². The molecule has 0 radical (unpaired) electrons. The molecule has 0 aliphatic heterocycles. The highest BCUT2D eigenvalue weighted by molar-refractivity contribution is 8.11. The van der Waals surface area contributed by atoms with Crippen LogP contribution < -0.4 is 0 Å².